The minimum atomic E-state index is -0.177. The first-order valence-corrected chi connectivity index (χ1v) is 8.70. The number of aromatic nitrogens is 1. The van der Waals surface area contributed by atoms with Crippen LogP contribution in [0.2, 0.25) is 0 Å². The SMILES string of the molecule is CC(C)CNC(=O)c1ccnc(C(=O)N2CCCc3ccccc32)c1. The quantitative estimate of drug-likeness (QED) is 0.933. The molecule has 130 valence electrons. The van der Waals surface area contributed by atoms with E-state index in [2.05, 4.69) is 16.4 Å². The molecule has 1 N–H and O–H groups in total. The highest BCUT2D eigenvalue weighted by atomic mass is 16.2. The lowest BCUT2D eigenvalue weighted by Crippen LogP contribution is -2.36. The number of carbonyl (C=O) groups excluding carboxylic acids is 2. The average Bonchev–Trinajstić information content (AvgIpc) is 2.65. The van der Waals surface area contributed by atoms with Gasteiger partial charge in [-0.3, -0.25) is 14.6 Å². The lowest BCUT2D eigenvalue weighted by molar-refractivity contribution is 0.0949. The molecule has 25 heavy (non-hydrogen) atoms. The van der Waals surface area contributed by atoms with Gasteiger partial charge in [0, 0.05) is 30.5 Å². The Morgan fingerprint density at radius 3 is 2.84 bits per heavy atom. The Bertz CT molecular complexity index is 786. The van der Waals surface area contributed by atoms with Gasteiger partial charge in [0.25, 0.3) is 11.8 Å². The number of nitrogens with one attached hydrogen (secondary N) is 1. The lowest BCUT2D eigenvalue weighted by Gasteiger charge is -2.29. The van der Waals surface area contributed by atoms with Crippen molar-refractivity contribution in [1.82, 2.24) is 10.3 Å². The van der Waals surface area contributed by atoms with E-state index in [0.29, 0.717) is 30.3 Å². The van der Waals surface area contributed by atoms with Gasteiger partial charge in [-0.15, -0.1) is 0 Å². The van der Waals surface area contributed by atoms with E-state index < -0.39 is 0 Å². The first-order valence-electron chi connectivity index (χ1n) is 8.70. The molecule has 0 saturated heterocycles. The van der Waals surface area contributed by atoms with Gasteiger partial charge in [0.15, 0.2) is 0 Å². The van der Waals surface area contributed by atoms with E-state index in [9.17, 15) is 9.59 Å². The van der Waals surface area contributed by atoms with Crippen LogP contribution in [0, 0.1) is 5.92 Å². The van der Waals surface area contributed by atoms with Gasteiger partial charge in [-0.05, 0) is 42.5 Å². The maximum atomic E-state index is 12.9. The summed E-state index contributed by atoms with van der Waals surface area (Å²) in [6, 6.07) is 11.2. The third-order valence-corrected chi connectivity index (χ3v) is 4.27. The minimum Gasteiger partial charge on any atom is -0.352 e. The normalized spacial score (nSPS) is 13.5. The van der Waals surface area contributed by atoms with Gasteiger partial charge < -0.3 is 10.2 Å². The van der Waals surface area contributed by atoms with E-state index in [0.717, 1.165) is 18.5 Å². The lowest BCUT2D eigenvalue weighted by atomic mass is 10.0. The molecule has 1 aliphatic rings. The highest BCUT2D eigenvalue weighted by Gasteiger charge is 2.24. The van der Waals surface area contributed by atoms with Crippen LogP contribution in [0.1, 0.15) is 46.7 Å². The van der Waals surface area contributed by atoms with Gasteiger partial charge in [0.05, 0.1) is 0 Å². The second kappa shape index (κ2) is 7.47. The molecule has 0 saturated carbocycles. The number of benzene rings is 1. The van der Waals surface area contributed by atoms with Crippen molar-refractivity contribution in [3.8, 4) is 0 Å². The van der Waals surface area contributed by atoms with Gasteiger partial charge >= 0.3 is 0 Å². The number of rotatable bonds is 4. The van der Waals surface area contributed by atoms with Crippen LogP contribution in [-0.4, -0.2) is 29.9 Å². The first kappa shape index (κ1) is 17.1. The van der Waals surface area contributed by atoms with Crippen molar-refractivity contribution < 1.29 is 9.59 Å². The molecule has 2 aromatic rings. The maximum Gasteiger partial charge on any atom is 0.276 e. The second-order valence-electron chi connectivity index (χ2n) is 6.72. The van der Waals surface area contributed by atoms with E-state index in [1.54, 1.807) is 17.0 Å². The Balaban J connectivity index is 1.82. The summed E-state index contributed by atoms with van der Waals surface area (Å²) in [5, 5.41) is 2.87. The largest absolute Gasteiger partial charge is 0.352 e. The first-order chi connectivity index (χ1) is 12.1. The van der Waals surface area contributed by atoms with Crippen LogP contribution in [0.5, 0.6) is 0 Å². The summed E-state index contributed by atoms with van der Waals surface area (Å²) in [5.41, 5.74) is 2.88. The molecule has 0 atom stereocenters. The zero-order valence-corrected chi connectivity index (χ0v) is 14.7. The predicted molar refractivity (Wildman–Crippen MR) is 97.8 cm³/mol. The van der Waals surface area contributed by atoms with E-state index in [1.807, 2.05) is 32.0 Å². The molecule has 5 heteroatoms. The number of amides is 2. The third-order valence-electron chi connectivity index (χ3n) is 4.27. The highest BCUT2D eigenvalue weighted by molar-refractivity contribution is 6.06. The Hall–Kier alpha value is -2.69. The van der Waals surface area contributed by atoms with E-state index in [1.165, 1.54) is 11.8 Å². The number of para-hydroxylation sites is 1. The number of nitrogens with zero attached hydrogens (tertiary/aromatic N) is 2. The molecule has 0 bridgehead atoms. The van der Waals surface area contributed by atoms with Crippen LogP contribution in [0.3, 0.4) is 0 Å². The van der Waals surface area contributed by atoms with Crippen LogP contribution >= 0.6 is 0 Å². The zero-order chi connectivity index (χ0) is 17.8. The summed E-state index contributed by atoms with van der Waals surface area (Å²) in [5.74, 6) is 0.0339. The summed E-state index contributed by atoms with van der Waals surface area (Å²) < 4.78 is 0. The summed E-state index contributed by atoms with van der Waals surface area (Å²) >= 11 is 0. The second-order valence-corrected chi connectivity index (χ2v) is 6.72. The van der Waals surface area contributed by atoms with Crippen LogP contribution in [-0.2, 0) is 6.42 Å². The smallest absolute Gasteiger partial charge is 0.276 e. The fourth-order valence-electron chi connectivity index (χ4n) is 2.97. The fraction of sp³-hybridized carbons (Fsp3) is 0.350. The molecule has 2 heterocycles. The third kappa shape index (κ3) is 3.87. The van der Waals surface area contributed by atoms with Crippen molar-refractivity contribution in [1.29, 1.82) is 0 Å². The van der Waals surface area contributed by atoms with Gasteiger partial charge in [0.2, 0.25) is 0 Å². The van der Waals surface area contributed by atoms with Gasteiger partial charge in [-0.2, -0.15) is 0 Å². The van der Waals surface area contributed by atoms with Crippen molar-refractivity contribution in [3.63, 3.8) is 0 Å². The predicted octanol–water partition coefficient (Wildman–Crippen LogP) is 3.06. The standard InChI is InChI=1S/C20H23N3O2/c1-14(2)13-22-19(24)16-9-10-21-17(12-16)20(25)23-11-5-7-15-6-3-4-8-18(15)23/h3-4,6,8-10,12,14H,5,7,11,13H2,1-2H3,(H,22,24). The Morgan fingerprint density at radius 2 is 2.04 bits per heavy atom. The summed E-state index contributed by atoms with van der Waals surface area (Å²) in [4.78, 5) is 31.1. The van der Waals surface area contributed by atoms with E-state index >= 15 is 0 Å². The number of aryl methyl sites for hydroxylation is 1. The van der Waals surface area contributed by atoms with Crippen LogP contribution < -0.4 is 10.2 Å². The number of carbonyl (C=O) groups is 2. The minimum absolute atomic E-state index is 0.161. The topological polar surface area (TPSA) is 62.3 Å². The average molecular weight is 337 g/mol. The number of fused-ring (bicyclic) bond motifs is 1. The molecule has 0 aliphatic carbocycles. The number of anilines is 1. The number of pyridine rings is 1. The molecule has 2 amide bonds. The molecule has 3 rings (SSSR count). The van der Waals surface area contributed by atoms with Crippen molar-refractivity contribution in [2.45, 2.75) is 26.7 Å². The van der Waals surface area contributed by atoms with Gasteiger partial charge in [-0.1, -0.05) is 32.0 Å². The van der Waals surface area contributed by atoms with Gasteiger partial charge in [-0.25, -0.2) is 0 Å². The molecule has 0 unspecified atom stereocenters. The Morgan fingerprint density at radius 1 is 1.24 bits per heavy atom. The molecular weight excluding hydrogens is 314 g/mol. The van der Waals surface area contributed by atoms with Crippen LogP contribution in [0.4, 0.5) is 5.69 Å². The Labute approximate surface area is 148 Å². The summed E-state index contributed by atoms with van der Waals surface area (Å²) in [6.07, 6.45) is 3.43. The molecule has 1 aliphatic heterocycles. The van der Waals surface area contributed by atoms with E-state index in [-0.39, 0.29) is 11.8 Å². The monoisotopic (exact) mass is 337 g/mol. The molecule has 0 radical (unpaired) electrons. The Kier molecular flexibility index (Phi) is 5.12. The van der Waals surface area contributed by atoms with Crippen molar-refractivity contribution >= 4 is 17.5 Å². The van der Waals surface area contributed by atoms with Crippen LogP contribution in [0.15, 0.2) is 42.6 Å². The number of hydrogen-bond donors (Lipinski definition) is 1. The molecule has 0 fully saturated rings. The fourth-order valence-corrected chi connectivity index (χ4v) is 2.97. The van der Waals surface area contributed by atoms with Crippen LogP contribution in [0.25, 0.3) is 0 Å². The van der Waals surface area contributed by atoms with Crippen molar-refractivity contribution in [2.75, 3.05) is 18.0 Å². The maximum absolute atomic E-state index is 12.9. The summed E-state index contributed by atoms with van der Waals surface area (Å²) in [6.45, 7) is 5.34. The van der Waals surface area contributed by atoms with Crippen molar-refractivity contribution in [2.24, 2.45) is 5.92 Å². The summed E-state index contributed by atoms with van der Waals surface area (Å²) in [7, 11) is 0. The number of hydrogen-bond acceptors (Lipinski definition) is 3. The molecular formula is C20H23N3O2. The molecule has 1 aromatic carbocycles. The van der Waals surface area contributed by atoms with E-state index in [4.69, 9.17) is 0 Å². The highest BCUT2D eigenvalue weighted by Crippen LogP contribution is 2.27. The molecule has 5 nitrogen and oxygen atoms in total. The van der Waals surface area contributed by atoms with Crippen molar-refractivity contribution in [3.05, 3.63) is 59.4 Å². The molecule has 0 spiro atoms. The zero-order valence-electron chi connectivity index (χ0n) is 14.7. The van der Waals surface area contributed by atoms with Gasteiger partial charge in [0.1, 0.15) is 5.69 Å². The molecule has 1 aromatic heterocycles.